The first kappa shape index (κ1) is 21.0. The number of hydrogen-bond donors (Lipinski definition) is 1. The quantitative estimate of drug-likeness (QED) is 0.408. The summed E-state index contributed by atoms with van der Waals surface area (Å²) in [5, 5.41) is 3.78. The molecule has 31 heavy (non-hydrogen) atoms. The number of fused-ring (bicyclic) bond motifs is 1. The Labute approximate surface area is 189 Å². The third kappa shape index (κ3) is 4.45. The van der Waals surface area contributed by atoms with Gasteiger partial charge >= 0.3 is 0 Å². The Balaban J connectivity index is 1.64. The summed E-state index contributed by atoms with van der Waals surface area (Å²) in [4.78, 5) is 17.5. The molecule has 0 aliphatic rings. The van der Waals surface area contributed by atoms with E-state index in [-0.39, 0.29) is 12.5 Å². The molecule has 4 aromatic rings. The number of benzene rings is 2. The fourth-order valence-electron chi connectivity index (χ4n) is 3.18. The van der Waals surface area contributed by atoms with Gasteiger partial charge in [-0.15, -0.1) is 0 Å². The standard InChI is InChI=1S/C23H19Cl2N3O3/c1-14-5-4-10-28-22(14)27-21(15-8-9-18(24)19(25)11-15)23(28)26-20(29)13-31-17-7-3-6-16(12-17)30-2/h3-12H,13H2,1-2H3,(H,26,29). The van der Waals surface area contributed by atoms with Crippen LogP contribution in [0.2, 0.25) is 10.0 Å². The molecule has 0 bridgehead atoms. The number of aromatic nitrogens is 2. The van der Waals surface area contributed by atoms with Gasteiger partial charge in [-0.25, -0.2) is 4.98 Å². The van der Waals surface area contributed by atoms with Crippen molar-refractivity contribution in [3.8, 4) is 22.8 Å². The van der Waals surface area contributed by atoms with E-state index in [0.717, 1.165) is 16.8 Å². The summed E-state index contributed by atoms with van der Waals surface area (Å²) < 4.78 is 12.6. The number of rotatable bonds is 6. The zero-order chi connectivity index (χ0) is 22.0. The van der Waals surface area contributed by atoms with E-state index in [4.69, 9.17) is 37.7 Å². The van der Waals surface area contributed by atoms with Crippen molar-refractivity contribution in [1.82, 2.24) is 9.38 Å². The maximum Gasteiger partial charge on any atom is 0.263 e. The van der Waals surface area contributed by atoms with Crippen LogP contribution in [0.5, 0.6) is 11.5 Å². The van der Waals surface area contributed by atoms with E-state index in [1.807, 2.05) is 35.7 Å². The number of hydrogen-bond acceptors (Lipinski definition) is 4. The first-order chi connectivity index (χ1) is 15.0. The Hall–Kier alpha value is -3.22. The summed E-state index contributed by atoms with van der Waals surface area (Å²) >= 11 is 12.3. The van der Waals surface area contributed by atoms with Crippen LogP contribution in [0.15, 0.2) is 60.8 Å². The number of halogens is 2. The third-order valence-electron chi connectivity index (χ3n) is 4.71. The molecule has 0 fully saturated rings. The minimum absolute atomic E-state index is 0.174. The first-order valence-corrected chi connectivity index (χ1v) is 10.2. The number of aryl methyl sites for hydroxylation is 1. The number of carbonyl (C=O) groups excluding carboxylic acids is 1. The summed E-state index contributed by atoms with van der Waals surface area (Å²) in [6.07, 6.45) is 1.84. The Morgan fingerprint density at radius 3 is 2.65 bits per heavy atom. The zero-order valence-corrected chi connectivity index (χ0v) is 18.4. The second kappa shape index (κ2) is 8.88. The average molecular weight is 456 g/mol. The average Bonchev–Trinajstić information content (AvgIpc) is 3.14. The number of nitrogens with zero attached hydrogens (tertiary/aromatic N) is 2. The van der Waals surface area contributed by atoms with Gasteiger partial charge in [-0.2, -0.15) is 0 Å². The van der Waals surface area contributed by atoms with Crippen molar-refractivity contribution in [1.29, 1.82) is 0 Å². The molecular formula is C23H19Cl2N3O3. The van der Waals surface area contributed by atoms with Gasteiger partial charge in [0.05, 0.1) is 17.2 Å². The minimum Gasteiger partial charge on any atom is -0.497 e. The normalized spacial score (nSPS) is 10.8. The molecule has 0 aliphatic heterocycles. The molecule has 2 heterocycles. The Morgan fingerprint density at radius 1 is 1.06 bits per heavy atom. The van der Waals surface area contributed by atoms with Crippen molar-refractivity contribution < 1.29 is 14.3 Å². The maximum absolute atomic E-state index is 12.7. The lowest BCUT2D eigenvalue weighted by Crippen LogP contribution is -2.21. The SMILES string of the molecule is COc1cccc(OCC(=O)Nc2c(-c3ccc(Cl)c(Cl)c3)nc3c(C)cccn23)c1. The van der Waals surface area contributed by atoms with Crippen molar-refractivity contribution in [2.75, 3.05) is 19.0 Å². The predicted octanol–water partition coefficient (Wildman–Crippen LogP) is 5.64. The number of ether oxygens (including phenoxy) is 2. The first-order valence-electron chi connectivity index (χ1n) is 9.46. The van der Waals surface area contributed by atoms with Gasteiger partial charge in [0, 0.05) is 17.8 Å². The molecule has 4 rings (SSSR count). The predicted molar refractivity (Wildman–Crippen MR) is 123 cm³/mol. The molecule has 2 aromatic heterocycles. The van der Waals surface area contributed by atoms with Crippen LogP contribution in [0, 0.1) is 6.92 Å². The second-order valence-corrected chi connectivity index (χ2v) is 7.65. The molecule has 6 nitrogen and oxygen atoms in total. The van der Waals surface area contributed by atoms with E-state index in [0.29, 0.717) is 33.1 Å². The van der Waals surface area contributed by atoms with E-state index in [2.05, 4.69) is 5.32 Å². The van der Waals surface area contributed by atoms with E-state index in [9.17, 15) is 4.79 Å². The van der Waals surface area contributed by atoms with Gasteiger partial charge in [-0.05, 0) is 42.8 Å². The van der Waals surface area contributed by atoms with Crippen LogP contribution in [0.25, 0.3) is 16.9 Å². The number of amides is 1. The van der Waals surface area contributed by atoms with Crippen molar-refractivity contribution in [2.45, 2.75) is 6.92 Å². The number of methoxy groups -OCH3 is 1. The summed E-state index contributed by atoms with van der Waals surface area (Å²) in [5.74, 6) is 1.38. The Bertz CT molecular complexity index is 1270. The van der Waals surface area contributed by atoms with Crippen LogP contribution in [-0.2, 0) is 4.79 Å². The number of carbonyl (C=O) groups is 1. The highest BCUT2D eigenvalue weighted by molar-refractivity contribution is 6.42. The minimum atomic E-state index is -0.326. The van der Waals surface area contributed by atoms with Crippen LogP contribution >= 0.6 is 23.2 Å². The van der Waals surface area contributed by atoms with Crippen LogP contribution in [-0.4, -0.2) is 29.0 Å². The van der Waals surface area contributed by atoms with Crippen LogP contribution in [0.1, 0.15) is 5.56 Å². The highest BCUT2D eigenvalue weighted by Gasteiger charge is 2.18. The van der Waals surface area contributed by atoms with Gasteiger partial charge in [-0.1, -0.05) is 41.4 Å². The summed E-state index contributed by atoms with van der Waals surface area (Å²) in [6, 6.07) is 16.2. The molecule has 0 spiro atoms. The lowest BCUT2D eigenvalue weighted by molar-refractivity contribution is -0.118. The van der Waals surface area contributed by atoms with Crippen LogP contribution in [0.4, 0.5) is 5.82 Å². The monoisotopic (exact) mass is 455 g/mol. The van der Waals surface area contributed by atoms with Gasteiger partial charge in [0.1, 0.15) is 28.7 Å². The molecule has 2 aromatic carbocycles. The summed E-state index contributed by atoms with van der Waals surface area (Å²) in [7, 11) is 1.57. The Morgan fingerprint density at radius 2 is 1.87 bits per heavy atom. The summed E-state index contributed by atoms with van der Waals surface area (Å²) in [6.45, 7) is 1.78. The lowest BCUT2D eigenvalue weighted by Gasteiger charge is -2.10. The van der Waals surface area contributed by atoms with Gasteiger partial charge in [0.25, 0.3) is 5.91 Å². The Kier molecular flexibility index (Phi) is 6.02. The number of pyridine rings is 1. The zero-order valence-electron chi connectivity index (χ0n) is 16.9. The van der Waals surface area contributed by atoms with Gasteiger partial charge < -0.3 is 14.8 Å². The smallest absolute Gasteiger partial charge is 0.263 e. The molecule has 1 amide bonds. The molecule has 8 heteroatoms. The van der Waals surface area contributed by atoms with E-state index >= 15 is 0 Å². The molecule has 0 unspecified atom stereocenters. The fraction of sp³-hybridized carbons (Fsp3) is 0.130. The van der Waals surface area contributed by atoms with Crippen molar-refractivity contribution >= 4 is 40.6 Å². The van der Waals surface area contributed by atoms with E-state index in [1.165, 1.54) is 0 Å². The van der Waals surface area contributed by atoms with Crippen LogP contribution < -0.4 is 14.8 Å². The highest BCUT2D eigenvalue weighted by Crippen LogP contribution is 2.33. The molecule has 1 N–H and O–H groups in total. The van der Waals surface area contributed by atoms with Gasteiger partial charge in [0.2, 0.25) is 0 Å². The molecule has 0 radical (unpaired) electrons. The fourth-order valence-corrected chi connectivity index (χ4v) is 3.47. The molecule has 0 aliphatic carbocycles. The van der Waals surface area contributed by atoms with Crippen molar-refractivity contribution in [2.24, 2.45) is 0 Å². The topological polar surface area (TPSA) is 64.9 Å². The largest absolute Gasteiger partial charge is 0.497 e. The molecule has 158 valence electrons. The highest BCUT2D eigenvalue weighted by atomic mass is 35.5. The molecule has 0 atom stereocenters. The summed E-state index contributed by atoms with van der Waals surface area (Å²) in [5.41, 5.74) is 3.02. The van der Waals surface area contributed by atoms with Gasteiger partial charge in [0.15, 0.2) is 6.61 Å². The number of anilines is 1. The maximum atomic E-state index is 12.7. The third-order valence-corrected chi connectivity index (χ3v) is 5.45. The molecule has 0 saturated heterocycles. The molecular weight excluding hydrogens is 437 g/mol. The second-order valence-electron chi connectivity index (χ2n) is 6.84. The van der Waals surface area contributed by atoms with Gasteiger partial charge in [-0.3, -0.25) is 9.20 Å². The number of nitrogens with one attached hydrogen (secondary N) is 1. The van der Waals surface area contributed by atoms with Crippen LogP contribution in [0.3, 0.4) is 0 Å². The van der Waals surface area contributed by atoms with Crippen molar-refractivity contribution in [3.05, 3.63) is 76.4 Å². The lowest BCUT2D eigenvalue weighted by atomic mass is 10.1. The molecule has 0 saturated carbocycles. The van der Waals surface area contributed by atoms with E-state index in [1.54, 1.807) is 43.5 Å². The van der Waals surface area contributed by atoms with Crippen molar-refractivity contribution in [3.63, 3.8) is 0 Å². The number of imidazole rings is 1. The van der Waals surface area contributed by atoms with E-state index < -0.39 is 0 Å².